The fourth-order valence-corrected chi connectivity index (χ4v) is 3.27. The van der Waals surface area contributed by atoms with Gasteiger partial charge < -0.3 is 9.80 Å². The molecule has 1 aliphatic heterocycles. The van der Waals surface area contributed by atoms with Crippen molar-refractivity contribution in [3.8, 4) is 0 Å². The van der Waals surface area contributed by atoms with Gasteiger partial charge in [-0.3, -0.25) is 9.78 Å². The number of carbonyl (C=O) groups is 1. The fraction of sp³-hybridized carbons (Fsp3) is 0.294. The Labute approximate surface area is 138 Å². The summed E-state index contributed by atoms with van der Waals surface area (Å²) in [6, 6.07) is 9.95. The zero-order chi connectivity index (χ0) is 15.5. The highest BCUT2D eigenvalue weighted by atomic mass is 79.9. The molecule has 5 heteroatoms. The van der Waals surface area contributed by atoms with Gasteiger partial charge in [0.25, 0.3) is 5.91 Å². The molecule has 3 rings (SSSR count). The Bertz CT molecular complexity index is 667. The van der Waals surface area contributed by atoms with Gasteiger partial charge in [-0.25, -0.2) is 0 Å². The molecule has 1 aromatic heterocycles. The van der Waals surface area contributed by atoms with E-state index in [0.717, 1.165) is 30.7 Å². The number of piperazine rings is 1. The molecule has 22 heavy (non-hydrogen) atoms. The van der Waals surface area contributed by atoms with Crippen LogP contribution in [0.1, 0.15) is 15.9 Å². The summed E-state index contributed by atoms with van der Waals surface area (Å²) in [4.78, 5) is 20.7. The van der Waals surface area contributed by atoms with E-state index in [-0.39, 0.29) is 5.91 Å². The normalized spacial score (nSPS) is 15.0. The predicted octanol–water partition coefficient (Wildman–Crippen LogP) is 3.11. The number of anilines is 1. The number of aromatic nitrogens is 1. The average molecular weight is 360 g/mol. The largest absolute Gasteiger partial charge is 0.368 e. The topological polar surface area (TPSA) is 36.4 Å². The fourth-order valence-electron chi connectivity index (χ4n) is 2.80. The van der Waals surface area contributed by atoms with Crippen molar-refractivity contribution in [1.29, 1.82) is 0 Å². The van der Waals surface area contributed by atoms with Crippen LogP contribution in [-0.2, 0) is 0 Å². The highest BCUT2D eigenvalue weighted by Gasteiger charge is 2.23. The van der Waals surface area contributed by atoms with E-state index in [1.165, 1.54) is 11.3 Å². The van der Waals surface area contributed by atoms with Crippen molar-refractivity contribution >= 4 is 27.5 Å². The van der Waals surface area contributed by atoms with Gasteiger partial charge in [-0.05, 0) is 42.8 Å². The molecule has 0 atom stereocenters. The van der Waals surface area contributed by atoms with E-state index >= 15 is 0 Å². The second-order valence-electron chi connectivity index (χ2n) is 5.45. The molecule has 0 saturated carbocycles. The Kier molecular flexibility index (Phi) is 4.43. The van der Waals surface area contributed by atoms with Crippen LogP contribution >= 0.6 is 15.9 Å². The lowest BCUT2D eigenvalue weighted by Crippen LogP contribution is -2.49. The molecule has 1 saturated heterocycles. The van der Waals surface area contributed by atoms with Crippen molar-refractivity contribution < 1.29 is 4.79 Å². The lowest BCUT2D eigenvalue weighted by atomic mass is 10.1. The van der Waals surface area contributed by atoms with Crippen LogP contribution < -0.4 is 4.90 Å². The molecule has 1 amide bonds. The van der Waals surface area contributed by atoms with E-state index in [1.54, 1.807) is 18.5 Å². The second-order valence-corrected chi connectivity index (χ2v) is 6.37. The molecule has 1 aromatic carbocycles. The second kappa shape index (κ2) is 6.48. The molecular formula is C17H18BrN3O. The molecule has 0 bridgehead atoms. The van der Waals surface area contributed by atoms with Crippen molar-refractivity contribution in [2.75, 3.05) is 31.1 Å². The number of nitrogens with zero attached hydrogens (tertiary/aromatic N) is 3. The van der Waals surface area contributed by atoms with E-state index in [1.807, 2.05) is 11.0 Å². The van der Waals surface area contributed by atoms with Gasteiger partial charge in [0, 0.05) is 48.7 Å². The monoisotopic (exact) mass is 359 g/mol. The van der Waals surface area contributed by atoms with Crippen LogP contribution in [0.4, 0.5) is 5.69 Å². The first-order chi connectivity index (χ1) is 10.6. The van der Waals surface area contributed by atoms with Crippen LogP contribution in [0.5, 0.6) is 0 Å². The van der Waals surface area contributed by atoms with Gasteiger partial charge >= 0.3 is 0 Å². The number of hydrogen-bond donors (Lipinski definition) is 0. The summed E-state index contributed by atoms with van der Waals surface area (Å²) in [6.45, 7) is 5.31. The van der Waals surface area contributed by atoms with Gasteiger partial charge in [0.1, 0.15) is 0 Å². The lowest BCUT2D eigenvalue weighted by Gasteiger charge is -2.36. The first kappa shape index (κ1) is 15.0. The zero-order valence-corrected chi connectivity index (χ0v) is 14.1. The first-order valence-electron chi connectivity index (χ1n) is 7.35. The predicted molar refractivity (Wildman–Crippen MR) is 91.2 cm³/mol. The van der Waals surface area contributed by atoms with E-state index in [9.17, 15) is 4.79 Å². The van der Waals surface area contributed by atoms with Gasteiger partial charge in [-0.1, -0.05) is 15.9 Å². The summed E-state index contributed by atoms with van der Waals surface area (Å²) in [5.74, 6) is 0.0697. The van der Waals surface area contributed by atoms with Crippen LogP contribution in [-0.4, -0.2) is 42.0 Å². The average Bonchev–Trinajstić information content (AvgIpc) is 2.55. The Morgan fingerprint density at radius 1 is 1.18 bits per heavy atom. The SMILES string of the molecule is Cc1cc(Br)ccc1N1CCN(C(=O)c2cccnc2)CC1. The quantitative estimate of drug-likeness (QED) is 0.826. The highest BCUT2D eigenvalue weighted by Crippen LogP contribution is 2.25. The van der Waals surface area contributed by atoms with E-state index < -0.39 is 0 Å². The molecule has 1 aliphatic rings. The molecule has 1 fully saturated rings. The number of benzene rings is 1. The van der Waals surface area contributed by atoms with Gasteiger partial charge in [-0.15, -0.1) is 0 Å². The Hall–Kier alpha value is -1.88. The standard InChI is InChI=1S/C17H18BrN3O/c1-13-11-15(18)4-5-16(13)20-7-9-21(10-8-20)17(22)14-3-2-6-19-12-14/h2-6,11-12H,7-10H2,1H3. The van der Waals surface area contributed by atoms with Gasteiger partial charge in [0.05, 0.1) is 5.56 Å². The zero-order valence-electron chi connectivity index (χ0n) is 12.5. The van der Waals surface area contributed by atoms with E-state index in [2.05, 4.69) is 50.9 Å². The van der Waals surface area contributed by atoms with Crippen LogP contribution in [0.25, 0.3) is 0 Å². The minimum atomic E-state index is 0.0697. The van der Waals surface area contributed by atoms with Crippen LogP contribution in [0, 0.1) is 6.92 Å². The van der Waals surface area contributed by atoms with Crippen molar-refractivity contribution in [2.24, 2.45) is 0 Å². The summed E-state index contributed by atoms with van der Waals surface area (Å²) in [5.41, 5.74) is 3.16. The number of halogens is 1. The van der Waals surface area contributed by atoms with Crippen molar-refractivity contribution in [3.63, 3.8) is 0 Å². The molecule has 0 N–H and O–H groups in total. The van der Waals surface area contributed by atoms with Crippen LogP contribution in [0.3, 0.4) is 0 Å². The van der Waals surface area contributed by atoms with Crippen molar-refractivity contribution in [2.45, 2.75) is 6.92 Å². The molecule has 0 radical (unpaired) electrons. The number of aryl methyl sites for hydroxylation is 1. The molecule has 4 nitrogen and oxygen atoms in total. The molecular weight excluding hydrogens is 342 g/mol. The van der Waals surface area contributed by atoms with E-state index in [4.69, 9.17) is 0 Å². The molecule has 0 unspecified atom stereocenters. The molecule has 114 valence electrons. The minimum absolute atomic E-state index is 0.0697. The van der Waals surface area contributed by atoms with Crippen molar-refractivity contribution in [1.82, 2.24) is 9.88 Å². The number of hydrogen-bond acceptors (Lipinski definition) is 3. The van der Waals surface area contributed by atoms with Gasteiger partial charge in [0.2, 0.25) is 0 Å². The third kappa shape index (κ3) is 3.14. The van der Waals surface area contributed by atoms with Crippen LogP contribution in [0.2, 0.25) is 0 Å². The lowest BCUT2D eigenvalue weighted by molar-refractivity contribution is 0.0746. The number of carbonyl (C=O) groups excluding carboxylic acids is 1. The molecule has 0 aliphatic carbocycles. The smallest absolute Gasteiger partial charge is 0.255 e. The van der Waals surface area contributed by atoms with Crippen LogP contribution in [0.15, 0.2) is 47.2 Å². The van der Waals surface area contributed by atoms with Crippen molar-refractivity contribution in [3.05, 3.63) is 58.3 Å². The summed E-state index contributed by atoms with van der Waals surface area (Å²) < 4.78 is 1.10. The summed E-state index contributed by atoms with van der Waals surface area (Å²) in [6.07, 6.45) is 3.32. The highest BCUT2D eigenvalue weighted by molar-refractivity contribution is 9.10. The maximum Gasteiger partial charge on any atom is 0.255 e. The number of amides is 1. The maximum absolute atomic E-state index is 12.4. The maximum atomic E-state index is 12.4. The molecule has 2 heterocycles. The minimum Gasteiger partial charge on any atom is -0.368 e. The van der Waals surface area contributed by atoms with Gasteiger partial charge in [0.15, 0.2) is 0 Å². The van der Waals surface area contributed by atoms with E-state index in [0.29, 0.717) is 5.56 Å². The number of rotatable bonds is 2. The summed E-state index contributed by atoms with van der Waals surface area (Å²) >= 11 is 3.50. The Morgan fingerprint density at radius 3 is 2.59 bits per heavy atom. The third-order valence-corrected chi connectivity index (χ3v) is 4.47. The Balaban J connectivity index is 1.66. The summed E-state index contributed by atoms with van der Waals surface area (Å²) in [5, 5.41) is 0. The van der Waals surface area contributed by atoms with Gasteiger partial charge in [-0.2, -0.15) is 0 Å². The molecule has 0 spiro atoms. The first-order valence-corrected chi connectivity index (χ1v) is 8.15. The Morgan fingerprint density at radius 2 is 1.95 bits per heavy atom. The summed E-state index contributed by atoms with van der Waals surface area (Å²) in [7, 11) is 0. The number of pyridine rings is 1. The molecule has 2 aromatic rings. The third-order valence-electron chi connectivity index (χ3n) is 3.97.